The number of carbonyl (C=O) groups excluding carboxylic acids is 1. The molecule has 0 aliphatic heterocycles. The number of anilines is 1. The number of nitrogens with zero attached hydrogens (tertiary/aromatic N) is 1. The fourth-order valence-electron chi connectivity index (χ4n) is 2.10. The lowest BCUT2D eigenvalue weighted by molar-refractivity contribution is 0.0527. The van der Waals surface area contributed by atoms with Gasteiger partial charge < -0.3 is 15.2 Å². The number of aliphatic hydroxyl groups excluding tert-OH is 1. The topological polar surface area (TPSA) is 71.5 Å². The van der Waals surface area contributed by atoms with Crippen molar-refractivity contribution in [2.45, 2.75) is 33.1 Å². The molecule has 0 fully saturated rings. The lowest BCUT2D eigenvalue weighted by Crippen LogP contribution is -2.18. The second kappa shape index (κ2) is 9.31. The number of hydrogen-bond donors (Lipinski definition) is 2. The molecule has 0 amide bonds. The molecule has 1 atom stereocenters. The Kier molecular flexibility index (Phi) is 7.65. The summed E-state index contributed by atoms with van der Waals surface area (Å²) < 4.78 is 5.01. The molecular weight excluding hydrogens is 256 g/mol. The fraction of sp³-hybridized carbons (Fsp3) is 0.600. The molecule has 2 N–H and O–H groups in total. The van der Waals surface area contributed by atoms with Crippen LogP contribution in [0, 0.1) is 5.92 Å². The minimum absolute atomic E-state index is 0.180. The van der Waals surface area contributed by atoms with E-state index in [1.807, 2.05) is 0 Å². The number of ether oxygens (including phenoxy) is 1. The predicted octanol–water partition coefficient (Wildman–Crippen LogP) is 2.47. The standard InChI is InChI=1S/C15H24N2O3/c1-3-6-12(8-10-18)11-17-14-13(7-5-9-16-14)15(19)20-4-2/h5,7,9,12,18H,3-4,6,8,10-11H2,1-2H3,(H,16,17). The number of nitrogens with one attached hydrogen (secondary N) is 1. The highest BCUT2D eigenvalue weighted by atomic mass is 16.5. The van der Waals surface area contributed by atoms with Gasteiger partial charge in [0.05, 0.1) is 6.61 Å². The van der Waals surface area contributed by atoms with E-state index in [1.54, 1.807) is 25.3 Å². The first kappa shape index (κ1) is 16.4. The third-order valence-electron chi connectivity index (χ3n) is 3.10. The van der Waals surface area contributed by atoms with Gasteiger partial charge in [-0.25, -0.2) is 9.78 Å². The number of rotatable bonds is 9. The van der Waals surface area contributed by atoms with E-state index in [2.05, 4.69) is 17.2 Å². The van der Waals surface area contributed by atoms with Crippen LogP contribution < -0.4 is 5.32 Å². The number of carbonyl (C=O) groups is 1. The second-order valence-corrected chi connectivity index (χ2v) is 4.67. The van der Waals surface area contributed by atoms with Crippen LogP contribution in [-0.2, 0) is 4.74 Å². The average Bonchev–Trinajstić information content (AvgIpc) is 2.46. The van der Waals surface area contributed by atoms with Crippen LogP contribution in [0.25, 0.3) is 0 Å². The molecule has 0 radical (unpaired) electrons. The largest absolute Gasteiger partial charge is 0.462 e. The molecule has 5 nitrogen and oxygen atoms in total. The van der Waals surface area contributed by atoms with Gasteiger partial charge in [-0.15, -0.1) is 0 Å². The molecule has 0 aliphatic rings. The van der Waals surface area contributed by atoms with Gasteiger partial charge in [0, 0.05) is 19.3 Å². The smallest absolute Gasteiger partial charge is 0.341 e. The quantitative estimate of drug-likeness (QED) is 0.680. The lowest BCUT2D eigenvalue weighted by atomic mass is 10.0. The SMILES string of the molecule is CCCC(CCO)CNc1ncccc1C(=O)OCC. The number of aliphatic hydroxyl groups is 1. The van der Waals surface area contributed by atoms with Gasteiger partial charge in [0.2, 0.25) is 0 Å². The van der Waals surface area contributed by atoms with Gasteiger partial charge >= 0.3 is 5.97 Å². The molecule has 1 unspecified atom stereocenters. The van der Waals surface area contributed by atoms with Crippen molar-refractivity contribution < 1.29 is 14.6 Å². The first-order chi connectivity index (χ1) is 9.72. The maximum absolute atomic E-state index is 11.8. The fourth-order valence-corrected chi connectivity index (χ4v) is 2.10. The normalized spacial score (nSPS) is 11.9. The molecule has 1 aromatic rings. The average molecular weight is 280 g/mol. The zero-order chi connectivity index (χ0) is 14.8. The number of aromatic nitrogens is 1. The Morgan fingerprint density at radius 1 is 1.45 bits per heavy atom. The van der Waals surface area contributed by atoms with Crippen LogP contribution in [-0.4, -0.2) is 35.8 Å². The Morgan fingerprint density at radius 2 is 2.25 bits per heavy atom. The molecule has 1 rings (SSSR count). The minimum Gasteiger partial charge on any atom is -0.462 e. The highest BCUT2D eigenvalue weighted by molar-refractivity contribution is 5.94. The maximum atomic E-state index is 11.8. The van der Waals surface area contributed by atoms with Crippen molar-refractivity contribution in [1.82, 2.24) is 4.98 Å². The highest BCUT2D eigenvalue weighted by Crippen LogP contribution is 2.16. The van der Waals surface area contributed by atoms with E-state index >= 15 is 0 Å². The molecule has 1 heterocycles. The molecule has 1 aromatic heterocycles. The van der Waals surface area contributed by atoms with Gasteiger partial charge in [-0.1, -0.05) is 13.3 Å². The molecular formula is C15H24N2O3. The van der Waals surface area contributed by atoms with Crippen LogP contribution in [0.1, 0.15) is 43.5 Å². The molecule has 0 aromatic carbocycles. The van der Waals surface area contributed by atoms with E-state index in [0.717, 1.165) is 19.3 Å². The van der Waals surface area contributed by atoms with Crippen LogP contribution in [0.4, 0.5) is 5.82 Å². The van der Waals surface area contributed by atoms with Crippen molar-refractivity contribution in [1.29, 1.82) is 0 Å². The molecule has 0 aliphatic carbocycles. The van der Waals surface area contributed by atoms with Crippen LogP contribution in [0.2, 0.25) is 0 Å². The van der Waals surface area contributed by atoms with E-state index < -0.39 is 0 Å². The van der Waals surface area contributed by atoms with E-state index in [1.165, 1.54) is 0 Å². The van der Waals surface area contributed by atoms with Crippen molar-refractivity contribution in [3.8, 4) is 0 Å². The van der Waals surface area contributed by atoms with Gasteiger partial charge in [-0.05, 0) is 37.8 Å². The third-order valence-corrected chi connectivity index (χ3v) is 3.10. The first-order valence-corrected chi connectivity index (χ1v) is 7.19. The Hall–Kier alpha value is -1.62. The summed E-state index contributed by atoms with van der Waals surface area (Å²) in [6.45, 7) is 5.11. The Morgan fingerprint density at radius 3 is 2.90 bits per heavy atom. The maximum Gasteiger partial charge on any atom is 0.341 e. The summed E-state index contributed by atoms with van der Waals surface area (Å²) in [6.07, 6.45) is 4.50. The summed E-state index contributed by atoms with van der Waals surface area (Å²) in [7, 11) is 0. The van der Waals surface area contributed by atoms with Crippen LogP contribution in [0.5, 0.6) is 0 Å². The van der Waals surface area contributed by atoms with Crippen molar-refractivity contribution in [3.63, 3.8) is 0 Å². The number of pyridine rings is 1. The van der Waals surface area contributed by atoms with Crippen molar-refractivity contribution in [3.05, 3.63) is 23.9 Å². The van der Waals surface area contributed by atoms with Gasteiger partial charge in [-0.3, -0.25) is 0 Å². The number of esters is 1. The second-order valence-electron chi connectivity index (χ2n) is 4.67. The summed E-state index contributed by atoms with van der Waals surface area (Å²) >= 11 is 0. The van der Waals surface area contributed by atoms with E-state index in [0.29, 0.717) is 30.5 Å². The molecule has 0 spiro atoms. The molecule has 112 valence electrons. The van der Waals surface area contributed by atoms with E-state index in [9.17, 15) is 4.79 Å². The summed E-state index contributed by atoms with van der Waals surface area (Å²) in [5.41, 5.74) is 0.452. The zero-order valence-corrected chi connectivity index (χ0v) is 12.3. The zero-order valence-electron chi connectivity index (χ0n) is 12.3. The van der Waals surface area contributed by atoms with Crippen LogP contribution in [0.15, 0.2) is 18.3 Å². The molecule has 20 heavy (non-hydrogen) atoms. The van der Waals surface area contributed by atoms with E-state index in [-0.39, 0.29) is 12.6 Å². The molecule has 0 bridgehead atoms. The van der Waals surface area contributed by atoms with Gasteiger partial charge in [0.1, 0.15) is 11.4 Å². The van der Waals surface area contributed by atoms with Gasteiger partial charge in [0.15, 0.2) is 0 Å². The van der Waals surface area contributed by atoms with Crippen molar-refractivity contribution in [2.75, 3.05) is 25.1 Å². The number of hydrogen-bond acceptors (Lipinski definition) is 5. The summed E-state index contributed by atoms with van der Waals surface area (Å²) in [6, 6.07) is 3.42. The van der Waals surface area contributed by atoms with Crippen LogP contribution in [0.3, 0.4) is 0 Å². The van der Waals surface area contributed by atoms with Gasteiger partial charge in [-0.2, -0.15) is 0 Å². The van der Waals surface area contributed by atoms with Crippen LogP contribution >= 0.6 is 0 Å². The monoisotopic (exact) mass is 280 g/mol. The lowest BCUT2D eigenvalue weighted by Gasteiger charge is -2.17. The van der Waals surface area contributed by atoms with E-state index in [4.69, 9.17) is 9.84 Å². The molecule has 5 heteroatoms. The Balaban J connectivity index is 2.69. The first-order valence-electron chi connectivity index (χ1n) is 7.19. The summed E-state index contributed by atoms with van der Waals surface area (Å²) in [4.78, 5) is 16.0. The summed E-state index contributed by atoms with van der Waals surface area (Å²) in [5, 5.41) is 12.3. The van der Waals surface area contributed by atoms with Crippen molar-refractivity contribution in [2.24, 2.45) is 5.92 Å². The van der Waals surface area contributed by atoms with Crippen molar-refractivity contribution >= 4 is 11.8 Å². The Bertz CT molecular complexity index is 404. The summed E-state index contributed by atoms with van der Waals surface area (Å²) in [5.74, 6) is 0.560. The predicted molar refractivity (Wildman–Crippen MR) is 78.8 cm³/mol. The minimum atomic E-state index is -0.364. The molecule has 0 saturated carbocycles. The third kappa shape index (κ3) is 5.17. The van der Waals surface area contributed by atoms with Gasteiger partial charge in [0.25, 0.3) is 0 Å². The highest BCUT2D eigenvalue weighted by Gasteiger charge is 2.14. The Labute approximate surface area is 120 Å². The molecule has 0 saturated heterocycles.